The van der Waals surface area contributed by atoms with Crippen LogP contribution in [-0.4, -0.2) is 18.2 Å². The van der Waals surface area contributed by atoms with Gasteiger partial charge in [0.15, 0.2) is 5.78 Å². The average molecular weight is 169 g/mol. The lowest BCUT2D eigenvalue weighted by Gasteiger charge is -1.97. The minimum absolute atomic E-state index is 0.0265. The molecule has 0 aromatic carbocycles. The molecule has 0 rings (SSSR count). The Morgan fingerprint density at radius 1 is 1.42 bits per heavy atom. The molecule has 12 heavy (non-hydrogen) atoms. The second-order valence-corrected chi connectivity index (χ2v) is 2.90. The number of nitrogens with one attached hydrogen (secondary N) is 1. The summed E-state index contributed by atoms with van der Waals surface area (Å²) in [6, 6.07) is 0. The van der Waals surface area contributed by atoms with Crippen molar-refractivity contribution in [2.24, 2.45) is 5.92 Å². The molecule has 0 aromatic heterocycles. The molecular weight excluding hydrogens is 154 g/mol. The van der Waals surface area contributed by atoms with Crippen LogP contribution in [0.15, 0.2) is 12.2 Å². The van der Waals surface area contributed by atoms with E-state index in [1.54, 1.807) is 6.08 Å². The number of amides is 1. The summed E-state index contributed by atoms with van der Waals surface area (Å²) in [5.41, 5.74) is 0. The standard InChI is InChI=1S/C9H15NO2/c1-7(2)9(12)5-4-6-10-8(3)11/h4-5,7H,6H2,1-3H3,(H,10,11)/b5-4+. The van der Waals surface area contributed by atoms with Gasteiger partial charge in [-0.2, -0.15) is 0 Å². The van der Waals surface area contributed by atoms with Gasteiger partial charge in [0, 0.05) is 19.4 Å². The Labute approximate surface area is 72.8 Å². The monoisotopic (exact) mass is 169 g/mol. The van der Waals surface area contributed by atoms with Crippen LogP contribution >= 0.6 is 0 Å². The van der Waals surface area contributed by atoms with E-state index in [2.05, 4.69) is 5.32 Å². The van der Waals surface area contributed by atoms with Gasteiger partial charge >= 0.3 is 0 Å². The zero-order chi connectivity index (χ0) is 9.56. The lowest BCUT2D eigenvalue weighted by Crippen LogP contribution is -2.19. The van der Waals surface area contributed by atoms with E-state index in [-0.39, 0.29) is 17.6 Å². The van der Waals surface area contributed by atoms with E-state index in [4.69, 9.17) is 0 Å². The van der Waals surface area contributed by atoms with Gasteiger partial charge in [-0.25, -0.2) is 0 Å². The molecule has 0 spiro atoms. The number of hydrogen-bond acceptors (Lipinski definition) is 2. The van der Waals surface area contributed by atoms with Gasteiger partial charge in [-0.15, -0.1) is 0 Å². The summed E-state index contributed by atoms with van der Waals surface area (Å²) in [5, 5.41) is 2.56. The smallest absolute Gasteiger partial charge is 0.217 e. The lowest BCUT2D eigenvalue weighted by atomic mass is 10.1. The third-order valence-electron chi connectivity index (χ3n) is 1.32. The van der Waals surface area contributed by atoms with E-state index >= 15 is 0 Å². The van der Waals surface area contributed by atoms with Crippen molar-refractivity contribution in [3.05, 3.63) is 12.2 Å². The summed E-state index contributed by atoms with van der Waals surface area (Å²) < 4.78 is 0. The SMILES string of the molecule is CC(=O)NC/C=C/C(=O)C(C)C. The summed E-state index contributed by atoms with van der Waals surface area (Å²) in [6.45, 7) is 5.54. The first-order chi connectivity index (χ1) is 5.54. The maximum absolute atomic E-state index is 11.0. The van der Waals surface area contributed by atoms with Gasteiger partial charge in [-0.05, 0) is 6.08 Å². The summed E-state index contributed by atoms with van der Waals surface area (Å²) in [6.07, 6.45) is 3.16. The number of allylic oxidation sites excluding steroid dienone is 1. The maximum atomic E-state index is 11.0. The van der Waals surface area contributed by atoms with Crippen LogP contribution in [0.4, 0.5) is 0 Å². The highest BCUT2D eigenvalue weighted by atomic mass is 16.1. The van der Waals surface area contributed by atoms with Gasteiger partial charge < -0.3 is 5.32 Å². The van der Waals surface area contributed by atoms with Crippen molar-refractivity contribution in [1.29, 1.82) is 0 Å². The average Bonchev–Trinajstić information content (AvgIpc) is 1.97. The highest BCUT2D eigenvalue weighted by Crippen LogP contribution is 1.94. The quantitative estimate of drug-likeness (QED) is 0.636. The van der Waals surface area contributed by atoms with Crippen LogP contribution in [0.1, 0.15) is 20.8 Å². The molecule has 0 heterocycles. The molecule has 1 N–H and O–H groups in total. The summed E-state index contributed by atoms with van der Waals surface area (Å²) >= 11 is 0. The molecule has 0 aliphatic rings. The lowest BCUT2D eigenvalue weighted by molar-refractivity contribution is -0.119. The fourth-order valence-electron chi connectivity index (χ4n) is 0.570. The van der Waals surface area contributed by atoms with Crippen LogP contribution in [0.5, 0.6) is 0 Å². The number of hydrogen-bond donors (Lipinski definition) is 1. The Balaban J connectivity index is 3.62. The molecule has 0 atom stereocenters. The van der Waals surface area contributed by atoms with Crippen molar-refractivity contribution in [2.75, 3.05) is 6.54 Å². The molecule has 3 heteroatoms. The van der Waals surface area contributed by atoms with Crippen LogP contribution in [-0.2, 0) is 9.59 Å². The molecule has 1 amide bonds. The van der Waals surface area contributed by atoms with Crippen molar-refractivity contribution in [2.45, 2.75) is 20.8 Å². The van der Waals surface area contributed by atoms with E-state index in [0.717, 1.165) is 0 Å². The first kappa shape index (κ1) is 10.9. The second-order valence-electron chi connectivity index (χ2n) is 2.90. The zero-order valence-electron chi connectivity index (χ0n) is 7.76. The Morgan fingerprint density at radius 3 is 2.42 bits per heavy atom. The van der Waals surface area contributed by atoms with E-state index in [0.29, 0.717) is 6.54 Å². The summed E-state index contributed by atoms with van der Waals surface area (Å²) in [5.74, 6) is 0.0237. The van der Waals surface area contributed by atoms with Crippen LogP contribution < -0.4 is 5.32 Å². The highest BCUT2D eigenvalue weighted by molar-refractivity contribution is 5.91. The minimum Gasteiger partial charge on any atom is -0.353 e. The van der Waals surface area contributed by atoms with Gasteiger partial charge in [0.05, 0.1) is 0 Å². The molecule has 0 saturated carbocycles. The molecule has 0 fully saturated rings. The Morgan fingerprint density at radius 2 is 2.00 bits per heavy atom. The fraction of sp³-hybridized carbons (Fsp3) is 0.556. The van der Waals surface area contributed by atoms with Crippen LogP contribution in [0, 0.1) is 5.92 Å². The molecule has 0 bridgehead atoms. The van der Waals surface area contributed by atoms with Crippen LogP contribution in [0.3, 0.4) is 0 Å². The topological polar surface area (TPSA) is 46.2 Å². The highest BCUT2D eigenvalue weighted by Gasteiger charge is 2.00. The number of carbonyl (C=O) groups excluding carboxylic acids is 2. The van der Waals surface area contributed by atoms with Gasteiger partial charge in [-0.3, -0.25) is 9.59 Å². The largest absolute Gasteiger partial charge is 0.353 e. The molecule has 68 valence electrons. The normalized spacial score (nSPS) is 10.7. The van der Waals surface area contributed by atoms with E-state index in [1.807, 2.05) is 13.8 Å². The fourth-order valence-corrected chi connectivity index (χ4v) is 0.570. The van der Waals surface area contributed by atoms with Gasteiger partial charge in [0.25, 0.3) is 0 Å². The minimum atomic E-state index is -0.0864. The third kappa shape index (κ3) is 5.65. The predicted octanol–water partition coefficient (Wildman–Crippen LogP) is 0.904. The number of rotatable bonds is 4. The first-order valence-electron chi connectivity index (χ1n) is 3.99. The molecular formula is C9H15NO2. The van der Waals surface area contributed by atoms with E-state index in [1.165, 1.54) is 13.0 Å². The predicted molar refractivity (Wildman–Crippen MR) is 47.7 cm³/mol. The van der Waals surface area contributed by atoms with E-state index < -0.39 is 0 Å². The molecule has 0 unspecified atom stereocenters. The Bertz CT molecular complexity index is 195. The van der Waals surface area contributed by atoms with Crippen molar-refractivity contribution in [3.63, 3.8) is 0 Å². The summed E-state index contributed by atoms with van der Waals surface area (Å²) in [7, 11) is 0. The Kier molecular flexibility index (Phi) is 5.00. The van der Waals surface area contributed by atoms with Crippen LogP contribution in [0.25, 0.3) is 0 Å². The Hall–Kier alpha value is -1.12. The van der Waals surface area contributed by atoms with Gasteiger partial charge in [0.1, 0.15) is 0 Å². The second kappa shape index (κ2) is 5.52. The number of ketones is 1. The first-order valence-corrected chi connectivity index (χ1v) is 3.99. The van der Waals surface area contributed by atoms with Gasteiger partial charge in [-0.1, -0.05) is 19.9 Å². The van der Waals surface area contributed by atoms with Crippen molar-refractivity contribution in [3.8, 4) is 0 Å². The van der Waals surface area contributed by atoms with Crippen LogP contribution in [0.2, 0.25) is 0 Å². The van der Waals surface area contributed by atoms with Crippen molar-refractivity contribution >= 4 is 11.7 Å². The number of carbonyl (C=O) groups is 2. The molecule has 0 saturated heterocycles. The molecule has 3 nitrogen and oxygen atoms in total. The molecule has 0 aromatic rings. The maximum Gasteiger partial charge on any atom is 0.217 e. The molecule has 0 radical (unpaired) electrons. The third-order valence-corrected chi connectivity index (χ3v) is 1.32. The van der Waals surface area contributed by atoms with Crippen molar-refractivity contribution < 1.29 is 9.59 Å². The van der Waals surface area contributed by atoms with E-state index in [9.17, 15) is 9.59 Å². The van der Waals surface area contributed by atoms with Gasteiger partial charge in [0.2, 0.25) is 5.91 Å². The summed E-state index contributed by atoms with van der Waals surface area (Å²) in [4.78, 5) is 21.4. The van der Waals surface area contributed by atoms with Crippen molar-refractivity contribution in [1.82, 2.24) is 5.32 Å². The zero-order valence-corrected chi connectivity index (χ0v) is 7.76. The molecule has 0 aliphatic heterocycles. The molecule has 0 aliphatic carbocycles.